The van der Waals surface area contributed by atoms with Crippen molar-refractivity contribution in [3.8, 4) is 0 Å². The Kier molecular flexibility index (Phi) is 7.80. The zero-order valence-corrected chi connectivity index (χ0v) is 23.6. The zero-order chi connectivity index (χ0) is 28.4. The summed E-state index contributed by atoms with van der Waals surface area (Å²) in [7, 11) is -7.68. The molecule has 0 aliphatic rings. The molecule has 0 aliphatic heterocycles. The molecule has 0 bridgehead atoms. The molecule has 0 fully saturated rings. The summed E-state index contributed by atoms with van der Waals surface area (Å²) in [4.78, 5) is 13.1. The van der Waals surface area contributed by atoms with Crippen LogP contribution in [0.1, 0.15) is 32.6 Å². The quantitative estimate of drug-likeness (QED) is 0.251. The SMILES string of the molecule is Cc1ccc(S(=O)(=O)Nc2cc(C(=O)Nc3ccc(S(=O)(=O)Nc4cc(C)ccc4C)cc3)ccc2C)cc1. The molecule has 0 unspecified atom stereocenters. The van der Waals surface area contributed by atoms with Crippen LogP contribution in [0, 0.1) is 27.7 Å². The number of benzene rings is 4. The minimum Gasteiger partial charge on any atom is -0.322 e. The van der Waals surface area contributed by atoms with E-state index >= 15 is 0 Å². The Morgan fingerprint density at radius 1 is 0.564 bits per heavy atom. The Morgan fingerprint density at radius 3 is 1.59 bits per heavy atom. The predicted molar refractivity (Wildman–Crippen MR) is 154 cm³/mol. The molecule has 4 aromatic rings. The molecule has 0 saturated carbocycles. The Morgan fingerprint density at radius 2 is 1.03 bits per heavy atom. The molecule has 0 radical (unpaired) electrons. The summed E-state index contributed by atoms with van der Waals surface area (Å²) in [6.45, 7) is 7.30. The molecule has 4 aromatic carbocycles. The van der Waals surface area contributed by atoms with Gasteiger partial charge in [-0.2, -0.15) is 0 Å². The van der Waals surface area contributed by atoms with Crippen LogP contribution in [-0.2, 0) is 20.0 Å². The molecule has 3 N–H and O–H groups in total. The first-order valence-electron chi connectivity index (χ1n) is 12.1. The van der Waals surface area contributed by atoms with Gasteiger partial charge in [-0.3, -0.25) is 14.2 Å². The highest BCUT2D eigenvalue weighted by Gasteiger charge is 2.18. The van der Waals surface area contributed by atoms with Crippen LogP contribution in [0.5, 0.6) is 0 Å². The van der Waals surface area contributed by atoms with Gasteiger partial charge in [0.15, 0.2) is 0 Å². The fourth-order valence-electron chi connectivity index (χ4n) is 3.76. The van der Waals surface area contributed by atoms with Crippen molar-refractivity contribution in [1.82, 2.24) is 0 Å². The lowest BCUT2D eigenvalue weighted by Crippen LogP contribution is -2.16. The minimum absolute atomic E-state index is 0.0459. The van der Waals surface area contributed by atoms with Gasteiger partial charge in [-0.05, 0) is 99.0 Å². The summed E-state index contributed by atoms with van der Waals surface area (Å²) < 4.78 is 56.6. The van der Waals surface area contributed by atoms with Crippen LogP contribution in [0.3, 0.4) is 0 Å². The van der Waals surface area contributed by atoms with E-state index in [1.165, 1.54) is 42.5 Å². The van der Waals surface area contributed by atoms with Crippen molar-refractivity contribution in [3.05, 3.63) is 113 Å². The average Bonchev–Trinajstić information content (AvgIpc) is 2.88. The maximum atomic E-state index is 12.9. The van der Waals surface area contributed by atoms with Crippen LogP contribution in [-0.4, -0.2) is 22.7 Å². The normalized spacial score (nSPS) is 11.6. The molecule has 202 valence electrons. The van der Waals surface area contributed by atoms with Crippen molar-refractivity contribution in [2.45, 2.75) is 37.5 Å². The van der Waals surface area contributed by atoms with Crippen LogP contribution in [0.2, 0.25) is 0 Å². The number of nitrogens with one attached hydrogen (secondary N) is 3. The summed E-state index contributed by atoms with van der Waals surface area (Å²) in [6.07, 6.45) is 0. The molecule has 0 saturated heterocycles. The molecule has 4 rings (SSSR count). The number of hydrogen-bond donors (Lipinski definition) is 3. The summed E-state index contributed by atoms with van der Waals surface area (Å²) in [5, 5.41) is 2.72. The summed E-state index contributed by atoms with van der Waals surface area (Å²) in [5.41, 5.74) is 4.71. The molecule has 39 heavy (non-hydrogen) atoms. The number of carbonyl (C=O) groups excluding carboxylic acids is 1. The van der Waals surface area contributed by atoms with Crippen molar-refractivity contribution in [2.24, 2.45) is 0 Å². The van der Waals surface area contributed by atoms with E-state index in [9.17, 15) is 21.6 Å². The molecule has 0 spiro atoms. The maximum Gasteiger partial charge on any atom is 0.261 e. The van der Waals surface area contributed by atoms with Gasteiger partial charge in [0.1, 0.15) is 0 Å². The monoisotopic (exact) mass is 563 g/mol. The second-order valence-corrected chi connectivity index (χ2v) is 12.7. The van der Waals surface area contributed by atoms with Gasteiger partial charge >= 0.3 is 0 Å². The molecule has 0 aromatic heterocycles. The Hall–Kier alpha value is -4.15. The van der Waals surface area contributed by atoms with E-state index in [1.807, 2.05) is 32.9 Å². The largest absolute Gasteiger partial charge is 0.322 e. The van der Waals surface area contributed by atoms with Gasteiger partial charge in [0.05, 0.1) is 21.2 Å². The highest BCUT2D eigenvalue weighted by Crippen LogP contribution is 2.24. The van der Waals surface area contributed by atoms with Crippen LogP contribution in [0.4, 0.5) is 17.1 Å². The number of amides is 1. The lowest BCUT2D eigenvalue weighted by Gasteiger charge is -2.13. The molecule has 0 heterocycles. The summed E-state index contributed by atoms with van der Waals surface area (Å²) in [6, 6.07) is 22.4. The third-order valence-corrected chi connectivity index (χ3v) is 8.90. The van der Waals surface area contributed by atoms with Gasteiger partial charge in [0.2, 0.25) is 0 Å². The van der Waals surface area contributed by atoms with Crippen LogP contribution < -0.4 is 14.8 Å². The first-order chi connectivity index (χ1) is 18.3. The number of sulfonamides is 2. The Bertz CT molecular complexity index is 1750. The predicted octanol–water partition coefficient (Wildman–Crippen LogP) is 5.77. The van der Waals surface area contributed by atoms with Crippen molar-refractivity contribution >= 4 is 43.0 Å². The maximum absolute atomic E-state index is 12.9. The molecule has 10 heteroatoms. The fraction of sp³-hybridized carbons (Fsp3) is 0.138. The Balaban J connectivity index is 1.48. The molecule has 0 atom stereocenters. The van der Waals surface area contributed by atoms with Gasteiger partial charge in [0, 0.05) is 11.3 Å². The average molecular weight is 564 g/mol. The number of aryl methyl sites for hydroxylation is 4. The van der Waals surface area contributed by atoms with E-state index < -0.39 is 26.0 Å². The molecule has 1 amide bonds. The topological polar surface area (TPSA) is 121 Å². The highest BCUT2D eigenvalue weighted by atomic mass is 32.2. The lowest BCUT2D eigenvalue weighted by molar-refractivity contribution is 0.102. The molecular formula is C29H29N3O5S2. The van der Waals surface area contributed by atoms with Crippen molar-refractivity contribution in [3.63, 3.8) is 0 Å². The third kappa shape index (κ3) is 6.65. The van der Waals surface area contributed by atoms with E-state index in [1.54, 1.807) is 37.3 Å². The standard InChI is InChI=1S/C29H29N3O5S2/c1-19-6-13-25(14-7-19)38(34,35)32-28-18-23(10-9-22(28)4)29(33)30-24-11-15-26(16-12-24)39(36,37)31-27-17-20(2)5-8-21(27)3/h5-18,31-32H,1-4H3,(H,30,33). The van der Waals surface area contributed by atoms with Crippen molar-refractivity contribution in [1.29, 1.82) is 0 Å². The summed E-state index contributed by atoms with van der Waals surface area (Å²) in [5.74, 6) is -0.477. The highest BCUT2D eigenvalue weighted by molar-refractivity contribution is 7.93. The van der Waals surface area contributed by atoms with E-state index in [2.05, 4.69) is 14.8 Å². The summed E-state index contributed by atoms with van der Waals surface area (Å²) >= 11 is 0. The minimum atomic E-state index is -3.85. The first-order valence-corrected chi connectivity index (χ1v) is 15.0. The van der Waals surface area contributed by atoms with E-state index in [0.717, 1.165) is 16.7 Å². The smallest absolute Gasteiger partial charge is 0.261 e. The second-order valence-electron chi connectivity index (χ2n) is 9.35. The molecule has 0 aliphatic carbocycles. The van der Waals surface area contributed by atoms with E-state index in [4.69, 9.17) is 0 Å². The van der Waals surface area contributed by atoms with Crippen molar-refractivity contribution in [2.75, 3.05) is 14.8 Å². The van der Waals surface area contributed by atoms with Crippen molar-refractivity contribution < 1.29 is 21.6 Å². The second kappa shape index (κ2) is 10.9. The van der Waals surface area contributed by atoms with Gasteiger partial charge in [-0.15, -0.1) is 0 Å². The third-order valence-electron chi connectivity index (χ3n) is 6.14. The van der Waals surface area contributed by atoms with Gasteiger partial charge in [-0.1, -0.05) is 35.9 Å². The van der Waals surface area contributed by atoms with E-state index in [-0.39, 0.29) is 21.0 Å². The van der Waals surface area contributed by atoms with Crippen LogP contribution in [0.25, 0.3) is 0 Å². The first kappa shape index (κ1) is 27.9. The lowest BCUT2D eigenvalue weighted by atomic mass is 10.1. The Labute approximate surface area is 229 Å². The number of rotatable bonds is 8. The zero-order valence-electron chi connectivity index (χ0n) is 21.9. The van der Waals surface area contributed by atoms with E-state index in [0.29, 0.717) is 16.9 Å². The van der Waals surface area contributed by atoms with Gasteiger partial charge < -0.3 is 5.32 Å². The number of anilines is 3. The van der Waals surface area contributed by atoms with Crippen LogP contribution >= 0.6 is 0 Å². The fourth-order valence-corrected chi connectivity index (χ4v) is 6.01. The molecular weight excluding hydrogens is 534 g/mol. The molecule has 8 nitrogen and oxygen atoms in total. The van der Waals surface area contributed by atoms with Crippen LogP contribution in [0.15, 0.2) is 94.7 Å². The number of carbonyl (C=O) groups is 1. The number of hydrogen-bond acceptors (Lipinski definition) is 5. The van der Waals surface area contributed by atoms with Gasteiger partial charge in [-0.25, -0.2) is 16.8 Å². The van der Waals surface area contributed by atoms with Gasteiger partial charge in [0.25, 0.3) is 26.0 Å².